The smallest absolute Gasteiger partial charge is 0.319 e. The number of carbonyl (C=O) groups excluding carboxylic acids is 1. The van der Waals surface area contributed by atoms with Crippen molar-refractivity contribution in [2.75, 3.05) is 11.1 Å². The molecule has 6 rings (SSSR count). The maximum Gasteiger partial charge on any atom is 0.319 e. The minimum absolute atomic E-state index is 0.00296. The van der Waals surface area contributed by atoms with Crippen LogP contribution in [0, 0.1) is 5.92 Å². The number of anilines is 1. The molecule has 4 aromatic carbocycles. The van der Waals surface area contributed by atoms with Gasteiger partial charge in [0.25, 0.3) is 0 Å². The predicted molar refractivity (Wildman–Crippen MR) is 183 cm³/mol. The summed E-state index contributed by atoms with van der Waals surface area (Å²) < 4.78 is 18.9. The number of aliphatic hydroxyl groups excluding tert-OH is 1. The van der Waals surface area contributed by atoms with Gasteiger partial charge in [-0.2, -0.15) is 0 Å². The van der Waals surface area contributed by atoms with Crippen LogP contribution in [0.15, 0.2) is 133 Å². The van der Waals surface area contributed by atoms with E-state index in [1.165, 1.54) is 0 Å². The summed E-state index contributed by atoms with van der Waals surface area (Å²) >= 11 is 1.67. The van der Waals surface area contributed by atoms with Crippen molar-refractivity contribution in [1.82, 2.24) is 10.3 Å². The Labute approximate surface area is 279 Å². The van der Waals surface area contributed by atoms with E-state index < -0.39 is 6.29 Å². The van der Waals surface area contributed by atoms with Crippen LogP contribution in [0.4, 0.5) is 10.5 Å². The number of aromatic nitrogens is 1. The van der Waals surface area contributed by atoms with Crippen molar-refractivity contribution >= 4 is 23.5 Å². The fourth-order valence-corrected chi connectivity index (χ4v) is 6.32. The monoisotopic (exact) mass is 647 g/mol. The Morgan fingerprint density at radius 1 is 0.809 bits per heavy atom. The van der Waals surface area contributed by atoms with Gasteiger partial charge in [-0.05, 0) is 65.2 Å². The van der Waals surface area contributed by atoms with Crippen LogP contribution in [0.5, 0.6) is 11.5 Å². The Hall–Kier alpha value is -4.67. The number of carbonyl (C=O) groups is 1. The average Bonchev–Trinajstić information content (AvgIpc) is 3.12. The summed E-state index contributed by atoms with van der Waals surface area (Å²) in [5.41, 5.74) is 4.40. The SMILES string of the molecule is CC1C(CSc2ccccn2)OC(c2ccc(CNC(=O)Nc3ccc(Oc4ccccc4)cc3)cc2)OC1c1ccc(CO)cc1. The Balaban J connectivity index is 1.06. The molecule has 4 atom stereocenters. The highest BCUT2D eigenvalue weighted by Crippen LogP contribution is 2.43. The number of ether oxygens (including phenoxy) is 3. The second-order valence-electron chi connectivity index (χ2n) is 11.3. The fourth-order valence-electron chi connectivity index (χ4n) is 5.29. The van der Waals surface area contributed by atoms with Gasteiger partial charge in [-0.25, -0.2) is 9.78 Å². The quantitative estimate of drug-likeness (QED) is 0.124. The van der Waals surface area contributed by atoms with Crippen molar-refractivity contribution in [3.05, 3.63) is 150 Å². The Kier molecular flexibility index (Phi) is 10.8. The largest absolute Gasteiger partial charge is 0.457 e. The van der Waals surface area contributed by atoms with Gasteiger partial charge >= 0.3 is 6.03 Å². The lowest BCUT2D eigenvalue weighted by atomic mass is 9.91. The second-order valence-corrected chi connectivity index (χ2v) is 12.3. The summed E-state index contributed by atoms with van der Waals surface area (Å²) in [6, 6.07) is 38.2. The lowest BCUT2D eigenvalue weighted by molar-refractivity contribution is -0.268. The first-order valence-corrected chi connectivity index (χ1v) is 16.5. The molecule has 2 heterocycles. The number of urea groups is 1. The number of benzene rings is 4. The summed E-state index contributed by atoms with van der Waals surface area (Å²) in [5.74, 6) is 2.24. The van der Waals surface area contributed by atoms with E-state index in [-0.39, 0.29) is 30.8 Å². The Bertz CT molecular complexity index is 1710. The van der Waals surface area contributed by atoms with Crippen molar-refractivity contribution in [3.8, 4) is 11.5 Å². The first-order chi connectivity index (χ1) is 23.0. The van der Waals surface area contributed by atoms with Crippen LogP contribution in [0.1, 0.15) is 41.6 Å². The molecule has 2 amide bonds. The highest BCUT2D eigenvalue weighted by Gasteiger charge is 2.38. The molecule has 8 nitrogen and oxygen atoms in total. The number of hydrogen-bond donors (Lipinski definition) is 3. The number of para-hydroxylation sites is 1. The Morgan fingerprint density at radius 3 is 2.19 bits per heavy atom. The molecule has 0 radical (unpaired) electrons. The van der Waals surface area contributed by atoms with Gasteiger partial charge < -0.3 is 30.0 Å². The van der Waals surface area contributed by atoms with E-state index in [1.54, 1.807) is 30.1 Å². The molecule has 4 unspecified atom stereocenters. The number of nitrogens with zero attached hydrogens (tertiary/aromatic N) is 1. The zero-order valence-corrected chi connectivity index (χ0v) is 26.8. The number of amides is 2. The summed E-state index contributed by atoms with van der Waals surface area (Å²) in [5, 5.41) is 16.2. The minimum Gasteiger partial charge on any atom is -0.457 e. The summed E-state index contributed by atoms with van der Waals surface area (Å²) in [6.45, 7) is 2.50. The van der Waals surface area contributed by atoms with Crippen molar-refractivity contribution in [2.24, 2.45) is 5.92 Å². The number of thioether (sulfide) groups is 1. The van der Waals surface area contributed by atoms with Gasteiger partial charge in [-0.15, -0.1) is 11.8 Å². The molecule has 1 aliphatic rings. The molecule has 1 fully saturated rings. The molecule has 0 spiro atoms. The first kappa shape index (κ1) is 32.3. The van der Waals surface area contributed by atoms with Crippen LogP contribution < -0.4 is 15.4 Å². The van der Waals surface area contributed by atoms with Crippen LogP contribution >= 0.6 is 11.8 Å². The molecule has 0 bridgehead atoms. The van der Waals surface area contributed by atoms with E-state index in [1.807, 2.05) is 109 Å². The summed E-state index contributed by atoms with van der Waals surface area (Å²) in [4.78, 5) is 17.1. The van der Waals surface area contributed by atoms with Gasteiger partial charge in [0.05, 0.1) is 23.8 Å². The molecular weight excluding hydrogens is 611 g/mol. The van der Waals surface area contributed by atoms with Gasteiger partial charge in [0, 0.05) is 35.7 Å². The molecule has 47 heavy (non-hydrogen) atoms. The van der Waals surface area contributed by atoms with Crippen LogP contribution in [0.2, 0.25) is 0 Å². The van der Waals surface area contributed by atoms with Crippen molar-refractivity contribution in [2.45, 2.75) is 43.6 Å². The van der Waals surface area contributed by atoms with Crippen molar-refractivity contribution in [3.63, 3.8) is 0 Å². The summed E-state index contributed by atoms with van der Waals surface area (Å²) in [7, 11) is 0. The normalized spacial score (nSPS) is 19.1. The minimum atomic E-state index is -0.567. The van der Waals surface area contributed by atoms with Gasteiger partial charge in [0.15, 0.2) is 6.29 Å². The number of hydrogen-bond acceptors (Lipinski definition) is 7. The van der Waals surface area contributed by atoms with E-state index in [4.69, 9.17) is 14.2 Å². The highest BCUT2D eigenvalue weighted by molar-refractivity contribution is 7.99. The molecular formula is C38H37N3O5S. The van der Waals surface area contributed by atoms with Crippen molar-refractivity contribution in [1.29, 1.82) is 0 Å². The van der Waals surface area contributed by atoms with E-state index in [0.29, 0.717) is 18.0 Å². The molecule has 0 aliphatic carbocycles. The lowest BCUT2D eigenvalue weighted by Gasteiger charge is -2.41. The van der Waals surface area contributed by atoms with Crippen molar-refractivity contribution < 1.29 is 24.1 Å². The van der Waals surface area contributed by atoms with Gasteiger partial charge in [-0.1, -0.05) is 79.7 Å². The molecule has 5 aromatic rings. The van der Waals surface area contributed by atoms with Crippen LogP contribution in [0.3, 0.4) is 0 Å². The number of aliphatic hydroxyl groups is 1. The van der Waals surface area contributed by atoms with Crippen LogP contribution in [0.25, 0.3) is 0 Å². The van der Waals surface area contributed by atoms with E-state index in [0.717, 1.165) is 38.8 Å². The third-order valence-corrected chi connectivity index (χ3v) is 8.99. The predicted octanol–water partition coefficient (Wildman–Crippen LogP) is 8.27. The molecule has 1 aliphatic heterocycles. The molecule has 1 saturated heterocycles. The number of pyridine rings is 1. The zero-order valence-electron chi connectivity index (χ0n) is 26.0. The second kappa shape index (κ2) is 15.8. The molecule has 0 saturated carbocycles. The maximum atomic E-state index is 12.6. The molecule has 240 valence electrons. The number of nitrogens with one attached hydrogen (secondary N) is 2. The zero-order chi connectivity index (χ0) is 32.4. The Morgan fingerprint density at radius 2 is 1.49 bits per heavy atom. The maximum absolute atomic E-state index is 12.6. The fraction of sp³-hybridized carbons (Fsp3) is 0.211. The van der Waals surface area contributed by atoms with Gasteiger partial charge in [-0.3, -0.25) is 0 Å². The lowest BCUT2D eigenvalue weighted by Crippen LogP contribution is -2.38. The average molecular weight is 648 g/mol. The third-order valence-electron chi connectivity index (χ3n) is 7.95. The van der Waals surface area contributed by atoms with Gasteiger partial charge in [0.2, 0.25) is 0 Å². The highest BCUT2D eigenvalue weighted by atomic mass is 32.2. The topological polar surface area (TPSA) is 102 Å². The molecule has 1 aromatic heterocycles. The van der Waals surface area contributed by atoms with Gasteiger partial charge in [0.1, 0.15) is 11.5 Å². The standard InChI is InChI=1S/C38H37N3O5S/c1-26-34(25-47-35-9-5-6-22-39-35)45-37(46-36(26)29-14-12-28(24-42)13-15-29)30-16-10-27(11-17-30)23-40-38(43)41-31-18-20-33(21-19-31)44-32-7-3-2-4-8-32/h2-22,26,34,36-37,42H,23-25H2,1H3,(H2,40,41,43). The summed E-state index contributed by atoms with van der Waals surface area (Å²) in [6.07, 6.45) is 0.944. The number of rotatable bonds is 11. The van der Waals surface area contributed by atoms with E-state index >= 15 is 0 Å². The van der Waals surface area contributed by atoms with E-state index in [2.05, 4.69) is 22.5 Å². The first-order valence-electron chi connectivity index (χ1n) is 15.5. The van der Waals surface area contributed by atoms with E-state index in [9.17, 15) is 9.90 Å². The third kappa shape index (κ3) is 8.78. The molecule has 9 heteroatoms. The van der Waals surface area contributed by atoms with Crippen LogP contribution in [-0.4, -0.2) is 28.0 Å². The molecule has 3 N–H and O–H groups in total. The van der Waals surface area contributed by atoms with Crippen LogP contribution in [-0.2, 0) is 22.6 Å².